The minimum Gasteiger partial charge on any atom is -0.493 e. The van der Waals surface area contributed by atoms with Crippen molar-refractivity contribution in [3.8, 4) is 28.7 Å². The van der Waals surface area contributed by atoms with Crippen molar-refractivity contribution in [1.82, 2.24) is 4.90 Å². The van der Waals surface area contributed by atoms with Crippen molar-refractivity contribution in [2.75, 3.05) is 73.1 Å². The van der Waals surface area contributed by atoms with Crippen LogP contribution in [0.25, 0.3) is 0 Å². The lowest BCUT2D eigenvalue weighted by atomic mass is 10.0. The van der Waals surface area contributed by atoms with Crippen molar-refractivity contribution in [1.29, 1.82) is 0 Å². The van der Waals surface area contributed by atoms with E-state index >= 15 is 0 Å². The van der Waals surface area contributed by atoms with Crippen molar-refractivity contribution in [2.24, 2.45) is 0 Å². The molecule has 1 unspecified atom stereocenters. The molecule has 2 aromatic carbocycles. The van der Waals surface area contributed by atoms with Crippen LogP contribution in [0, 0.1) is 0 Å². The molecule has 0 saturated carbocycles. The summed E-state index contributed by atoms with van der Waals surface area (Å²) >= 11 is 0. The number of methoxy groups -OCH3 is 3. The molecule has 246 valence electrons. The standard InChI is InChI=1S/C32H47NO10S/c1-6-13-42-32-29(41-14-7-10-33-11-15-40-16-12-33)19-24(20-30(32)44(35,36)21-22(2)34)26-9-8-25(43-26)23-17-27(37-3)31(39-5)28(18-23)38-4/h17-20,22,25-26,34H,6-16,21H2,1-5H3/t22?,25-,26-/m0/s1. The first kappa shape index (κ1) is 34.1. The normalized spacial score (nSPS) is 19.9. The van der Waals surface area contributed by atoms with Gasteiger partial charge in [-0.2, -0.15) is 0 Å². The van der Waals surface area contributed by atoms with E-state index in [9.17, 15) is 13.5 Å². The highest BCUT2D eigenvalue weighted by Gasteiger charge is 2.33. The summed E-state index contributed by atoms with van der Waals surface area (Å²) in [5.74, 6) is 1.67. The molecule has 0 radical (unpaired) electrons. The Balaban J connectivity index is 1.64. The summed E-state index contributed by atoms with van der Waals surface area (Å²) in [6, 6.07) is 7.20. The van der Waals surface area contributed by atoms with Crippen LogP contribution in [0.15, 0.2) is 29.2 Å². The summed E-state index contributed by atoms with van der Waals surface area (Å²) in [6.07, 6.45) is 1.08. The molecule has 2 aromatic rings. The first-order valence-electron chi connectivity index (χ1n) is 15.3. The summed E-state index contributed by atoms with van der Waals surface area (Å²) in [5, 5.41) is 10.0. The number of aliphatic hydroxyl groups is 1. The highest BCUT2D eigenvalue weighted by Crippen LogP contribution is 2.48. The fourth-order valence-corrected chi connectivity index (χ4v) is 7.16. The van der Waals surface area contributed by atoms with Gasteiger partial charge in [-0.25, -0.2) is 8.42 Å². The summed E-state index contributed by atoms with van der Waals surface area (Å²) in [6.45, 7) is 8.19. The topological polar surface area (TPSA) is 122 Å². The zero-order valence-electron chi connectivity index (χ0n) is 26.5. The molecular weight excluding hydrogens is 590 g/mol. The number of rotatable bonds is 16. The van der Waals surface area contributed by atoms with Crippen molar-refractivity contribution in [2.45, 2.75) is 62.7 Å². The van der Waals surface area contributed by atoms with Crippen molar-refractivity contribution >= 4 is 9.84 Å². The first-order chi connectivity index (χ1) is 21.2. The number of nitrogens with zero attached hydrogens (tertiary/aromatic N) is 1. The summed E-state index contributed by atoms with van der Waals surface area (Å²) in [5.41, 5.74) is 1.54. The predicted molar refractivity (Wildman–Crippen MR) is 165 cm³/mol. The second kappa shape index (κ2) is 16.0. The molecule has 2 heterocycles. The molecule has 11 nitrogen and oxygen atoms in total. The van der Waals surface area contributed by atoms with Crippen LogP contribution in [0.2, 0.25) is 0 Å². The number of hydrogen-bond acceptors (Lipinski definition) is 11. The number of aliphatic hydroxyl groups excluding tert-OH is 1. The van der Waals surface area contributed by atoms with Gasteiger partial charge in [0.1, 0.15) is 4.90 Å². The quantitative estimate of drug-likeness (QED) is 0.265. The van der Waals surface area contributed by atoms with E-state index in [-0.39, 0.29) is 16.7 Å². The second-order valence-corrected chi connectivity index (χ2v) is 13.1. The van der Waals surface area contributed by atoms with Gasteiger partial charge in [0.15, 0.2) is 32.8 Å². The Morgan fingerprint density at radius 3 is 2.07 bits per heavy atom. The van der Waals surface area contributed by atoms with E-state index in [1.807, 2.05) is 25.1 Å². The van der Waals surface area contributed by atoms with E-state index in [1.165, 1.54) is 6.92 Å². The molecule has 0 aliphatic carbocycles. The molecule has 3 atom stereocenters. The molecule has 2 aliphatic rings. The van der Waals surface area contributed by atoms with E-state index in [0.29, 0.717) is 61.0 Å². The van der Waals surface area contributed by atoms with E-state index < -0.39 is 27.8 Å². The van der Waals surface area contributed by atoms with E-state index in [1.54, 1.807) is 27.4 Å². The second-order valence-electron chi connectivity index (χ2n) is 11.1. The molecule has 0 aromatic heterocycles. The summed E-state index contributed by atoms with van der Waals surface area (Å²) in [4.78, 5) is 2.33. The van der Waals surface area contributed by atoms with Crippen LogP contribution in [0.3, 0.4) is 0 Å². The van der Waals surface area contributed by atoms with Gasteiger partial charge in [0.2, 0.25) is 5.75 Å². The molecule has 2 aliphatic heterocycles. The number of morpholine rings is 1. The maximum atomic E-state index is 13.6. The van der Waals surface area contributed by atoms with Gasteiger partial charge in [0, 0.05) is 19.6 Å². The number of ether oxygens (including phenoxy) is 7. The highest BCUT2D eigenvalue weighted by atomic mass is 32.2. The van der Waals surface area contributed by atoms with Crippen LogP contribution in [0.4, 0.5) is 0 Å². The Labute approximate surface area is 261 Å². The van der Waals surface area contributed by atoms with Crippen LogP contribution in [-0.2, 0) is 19.3 Å². The Morgan fingerprint density at radius 1 is 0.886 bits per heavy atom. The maximum Gasteiger partial charge on any atom is 0.203 e. The number of hydrogen-bond donors (Lipinski definition) is 1. The van der Waals surface area contributed by atoms with Gasteiger partial charge in [-0.15, -0.1) is 0 Å². The average molecular weight is 638 g/mol. The Hall–Kier alpha value is -2.77. The van der Waals surface area contributed by atoms with Gasteiger partial charge in [0.25, 0.3) is 0 Å². The molecule has 0 spiro atoms. The smallest absolute Gasteiger partial charge is 0.203 e. The molecule has 0 bridgehead atoms. The summed E-state index contributed by atoms with van der Waals surface area (Å²) < 4.78 is 67.9. The lowest BCUT2D eigenvalue weighted by molar-refractivity contribution is 0.0357. The largest absolute Gasteiger partial charge is 0.493 e. The molecule has 0 amide bonds. The van der Waals surface area contributed by atoms with Gasteiger partial charge >= 0.3 is 0 Å². The van der Waals surface area contributed by atoms with Crippen LogP contribution < -0.4 is 23.7 Å². The molecule has 4 rings (SSSR count). The number of sulfone groups is 1. The van der Waals surface area contributed by atoms with Gasteiger partial charge < -0.3 is 38.3 Å². The van der Waals surface area contributed by atoms with Gasteiger partial charge in [-0.3, -0.25) is 4.90 Å². The summed E-state index contributed by atoms with van der Waals surface area (Å²) in [7, 11) is 0.780. The van der Waals surface area contributed by atoms with Crippen LogP contribution in [-0.4, -0.2) is 97.7 Å². The predicted octanol–water partition coefficient (Wildman–Crippen LogP) is 4.35. The third kappa shape index (κ3) is 8.48. The third-order valence-electron chi connectivity index (χ3n) is 7.72. The Morgan fingerprint density at radius 2 is 1.50 bits per heavy atom. The van der Waals surface area contributed by atoms with Crippen LogP contribution in [0.1, 0.15) is 62.9 Å². The van der Waals surface area contributed by atoms with Crippen molar-refractivity contribution in [3.63, 3.8) is 0 Å². The molecule has 1 N–H and O–H groups in total. The van der Waals surface area contributed by atoms with Gasteiger partial charge in [-0.1, -0.05) is 6.92 Å². The lowest BCUT2D eigenvalue weighted by Crippen LogP contribution is -2.37. The van der Waals surface area contributed by atoms with Crippen LogP contribution >= 0.6 is 0 Å². The lowest BCUT2D eigenvalue weighted by Gasteiger charge is -2.26. The van der Waals surface area contributed by atoms with E-state index in [2.05, 4.69) is 4.90 Å². The zero-order valence-corrected chi connectivity index (χ0v) is 27.3. The average Bonchev–Trinajstić information content (AvgIpc) is 3.51. The molecular formula is C32H47NO10S. The first-order valence-corrected chi connectivity index (χ1v) is 17.0. The maximum absolute atomic E-state index is 13.6. The molecule has 44 heavy (non-hydrogen) atoms. The zero-order chi connectivity index (χ0) is 31.7. The number of benzene rings is 2. The molecule has 12 heteroatoms. The monoisotopic (exact) mass is 637 g/mol. The third-order valence-corrected chi connectivity index (χ3v) is 9.61. The highest BCUT2D eigenvalue weighted by molar-refractivity contribution is 7.91. The van der Waals surface area contributed by atoms with Gasteiger partial charge in [0.05, 0.1) is 71.8 Å². The Kier molecular flexibility index (Phi) is 12.4. The van der Waals surface area contributed by atoms with Crippen molar-refractivity contribution in [3.05, 3.63) is 35.4 Å². The minimum atomic E-state index is -3.91. The molecule has 2 saturated heterocycles. The minimum absolute atomic E-state index is 0.00682. The Bertz CT molecular complexity index is 1300. The van der Waals surface area contributed by atoms with Crippen molar-refractivity contribution < 1.29 is 46.7 Å². The van der Waals surface area contributed by atoms with Gasteiger partial charge in [-0.05, 0) is 68.0 Å². The fraction of sp³-hybridized carbons (Fsp3) is 0.625. The van der Waals surface area contributed by atoms with E-state index in [0.717, 1.165) is 44.8 Å². The SMILES string of the molecule is CCCOc1c(OCCCN2CCOCC2)cc([C@@H]2CC[C@@H](c3cc(OC)c(OC)c(OC)c3)O2)cc1S(=O)(=O)CC(C)O. The van der Waals surface area contributed by atoms with E-state index in [4.69, 9.17) is 33.2 Å². The fourth-order valence-electron chi connectivity index (χ4n) is 5.58. The van der Waals surface area contributed by atoms with Crippen LogP contribution in [0.5, 0.6) is 28.7 Å². The molecule has 2 fully saturated rings.